The van der Waals surface area contributed by atoms with Crippen LogP contribution in [0.2, 0.25) is 5.02 Å². The highest BCUT2D eigenvalue weighted by atomic mass is 35.5. The zero-order valence-corrected chi connectivity index (χ0v) is 11.9. The number of nitrogens with one attached hydrogen (secondary N) is 1. The average Bonchev–Trinajstić information content (AvgIpc) is 2.38. The van der Waals surface area contributed by atoms with Crippen molar-refractivity contribution in [2.45, 2.75) is 24.2 Å². The van der Waals surface area contributed by atoms with Crippen molar-refractivity contribution in [2.75, 3.05) is 6.54 Å². The fourth-order valence-electron chi connectivity index (χ4n) is 1.42. The second kappa shape index (κ2) is 7.19. The summed E-state index contributed by atoms with van der Waals surface area (Å²) in [6.45, 7) is 0.167. The second-order valence-electron chi connectivity index (χ2n) is 3.88. The van der Waals surface area contributed by atoms with Crippen molar-refractivity contribution < 1.29 is 13.3 Å². The number of benzene rings is 1. The third-order valence-electron chi connectivity index (χ3n) is 2.43. The number of sulfonamides is 1. The van der Waals surface area contributed by atoms with Crippen molar-refractivity contribution in [1.29, 1.82) is 5.26 Å². The third kappa shape index (κ3) is 4.45. The molecule has 0 radical (unpaired) electrons. The Kier molecular flexibility index (Phi) is 5.88. The topological polar surface area (TPSA) is 113 Å². The molecule has 0 atom stereocenters. The third-order valence-corrected chi connectivity index (χ3v) is 4.21. The van der Waals surface area contributed by atoms with E-state index in [1.165, 1.54) is 12.1 Å². The molecule has 1 rings (SSSR count). The lowest BCUT2D eigenvalue weighted by molar-refractivity contribution is -0.384. The van der Waals surface area contributed by atoms with E-state index in [1.807, 2.05) is 6.07 Å². The van der Waals surface area contributed by atoms with Crippen molar-refractivity contribution >= 4 is 27.3 Å². The lowest BCUT2D eigenvalue weighted by atomic mass is 10.2. The summed E-state index contributed by atoms with van der Waals surface area (Å²) in [6.07, 6.45) is 1.45. The van der Waals surface area contributed by atoms with Crippen molar-refractivity contribution in [3.05, 3.63) is 33.3 Å². The summed E-state index contributed by atoms with van der Waals surface area (Å²) in [6, 6.07) is 5.24. The Labute approximate surface area is 121 Å². The fourth-order valence-corrected chi connectivity index (χ4v) is 2.70. The van der Waals surface area contributed by atoms with E-state index in [2.05, 4.69) is 4.72 Å². The number of nitriles is 1. The molecule has 0 fully saturated rings. The molecule has 0 bridgehead atoms. The Morgan fingerprint density at radius 2 is 2.10 bits per heavy atom. The van der Waals surface area contributed by atoms with Crippen LogP contribution in [0.5, 0.6) is 0 Å². The number of halogens is 1. The first-order chi connectivity index (χ1) is 9.38. The summed E-state index contributed by atoms with van der Waals surface area (Å²) in [4.78, 5) is 9.75. The molecule has 1 N–H and O–H groups in total. The van der Waals surface area contributed by atoms with Crippen LogP contribution < -0.4 is 4.72 Å². The van der Waals surface area contributed by atoms with E-state index < -0.39 is 20.6 Å². The minimum atomic E-state index is -3.82. The number of unbranched alkanes of at least 4 members (excludes halogenated alkanes) is 2. The van der Waals surface area contributed by atoms with Gasteiger partial charge in [0.15, 0.2) is 0 Å². The van der Waals surface area contributed by atoms with Gasteiger partial charge in [-0.2, -0.15) is 5.26 Å². The van der Waals surface area contributed by atoms with Crippen LogP contribution >= 0.6 is 11.6 Å². The zero-order valence-electron chi connectivity index (χ0n) is 10.4. The summed E-state index contributed by atoms with van der Waals surface area (Å²) in [7, 11) is -3.82. The van der Waals surface area contributed by atoms with E-state index in [1.54, 1.807) is 0 Å². The van der Waals surface area contributed by atoms with Gasteiger partial charge >= 0.3 is 0 Å². The van der Waals surface area contributed by atoms with E-state index in [0.717, 1.165) is 6.07 Å². The predicted octanol–water partition coefficient (Wildman–Crippen LogP) is 2.22. The van der Waals surface area contributed by atoms with Crippen LogP contribution in [0.1, 0.15) is 19.3 Å². The number of nitro benzene ring substituents is 1. The standard InChI is InChI=1S/C11H12ClN3O4S/c12-10-5-4-9(8-11(10)15(16)17)20(18,19)14-7-3-1-2-6-13/h4-5,8,14H,1-3,7H2. The highest BCUT2D eigenvalue weighted by Crippen LogP contribution is 2.26. The Balaban J connectivity index is 2.80. The van der Waals surface area contributed by atoms with Gasteiger partial charge in [-0.3, -0.25) is 10.1 Å². The molecule has 0 spiro atoms. The molecule has 0 heterocycles. The molecule has 0 aliphatic heterocycles. The monoisotopic (exact) mass is 317 g/mol. The fraction of sp³-hybridized carbons (Fsp3) is 0.364. The molecule has 9 heteroatoms. The normalized spacial score (nSPS) is 11.0. The molecule has 7 nitrogen and oxygen atoms in total. The number of hydrogen-bond donors (Lipinski definition) is 1. The number of nitro groups is 1. The quantitative estimate of drug-likeness (QED) is 0.470. The summed E-state index contributed by atoms with van der Waals surface area (Å²) in [5.74, 6) is 0. The molecule has 0 aliphatic rings. The maximum absolute atomic E-state index is 11.9. The smallest absolute Gasteiger partial charge is 0.258 e. The van der Waals surface area contributed by atoms with E-state index in [9.17, 15) is 18.5 Å². The first kappa shape index (κ1) is 16.4. The van der Waals surface area contributed by atoms with E-state index in [0.29, 0.717) is 19.3 Å². The van der Waals surface area contributed by atoms with E-state index >= 15 is 0 Å². The summed E-state index contributed by atoms with van der Waals surface area (Å²) < 4.78 is 26.1. The number of hydrogen-bond acceptors (Lipinski definition) is 5. The van der Waals surface area contributed by atoms with Gasteiger partial charge in [0, 0.05) is 19.0 Å². The number of nitrogens with zero attached hydrogens (tertiary/aromatic N) is 2. The van der Waals surface area contributed by atoms with Gasteiger partial charge in [0.05, 0.1) is 15.9 Å². The molecular formula is C11H12ClN3O4S. The summed E-state index contributed by atoms with van der Waals surface area (Å²) in [5, 5.41) is 18.9. The van der Waals surface area contributed by atoms with Gasteiger partial charge in [0.1, 0.15) is 5.02 Å². The van der Waals surface area contributed by atoms with Crippen LogP contribution in [0, 0.1) is 21.4 Å². The van der Waals surface area contributed by atoms with Crippen LogP contribution in [0.25, 0.3) is 0 Å². The molecule has 0 amide bonds. The van der Waals surface area contributed by atoms with Crippen molar-refractivity contribution in [2.24, 2.45) is 0 Å². The maximum atomic E-state index is 11.9. The minimum Gasteiger partial charge on any atom is -0.258 e. The highest BCUT2D eigenvalue weighted by Gasteiger charge is 2.20. The van der Waals surface area contributed by atoms with Crippen LogP contribution in [0.15, 0.2) is 23.1 Å². The maximum Gasteiger partial charge on any atom is 0.289 e. The molecule has 108 valence electrons. The SMILES string of the molecule is N#CCCCCNS(=O)(=O)c1ccc(Cl)c([N+](=O)[O-])c1. The van der Waals surface area contributed by atoms with Gasteiger partial charge in [-0.05, 0) is 25.0 Å². The van der Waals surface area contributed by atoms with Crippen molar-refractivity contribution in [3.8, 4) is 6.07 Å². The summed E-state index contributed by atoms with van der Waals surface area (Å²) >= 11 is 5.62. The molecule has 0 saturated heterocycles. The summed E-state index contributed by atoms with van der Waals surface area (Å²) in [5.41, 5.74) is -0.459. The molecule has 0 saturated carbocycles. The highest BCUT2D eigenvalue weighted by molar-refractivity contribution is 7.89. The Morgan fingerprint density at radius 1 is 1.40 bits per heavy atom. The van der Waals surface area contributed by atoms with Crippen LogP contribution in [-0.2, 0) is 10.0 Å². The Morgan fingerprint density at radius 3 is 2.70 bits per heavy atom. The minimum absolute atomic E-state index is 0.122. The van der Waals surface area contributed by atoms with Crippen LogP contribution in [0.4, 0.5) is 5.69 Å². The lowest BCUT2D eigenvalue weighted by Crippen LogP contribution is -2.24. The average molecular weight is 318 g/mol. The molecule has 0 aliphatic carbocycles. The molecule has 0 aromatic heterocycles. The lowest BCUT2D eigenvalue weighted by Gasteiger charge is -2.06. The largest absolute Gasteiger partial charge is 0.289 e. The van der Waals surface area contributed by atoms with Gasteiger partial charge in [-0.25, -0.2) is 13.1 Å². The van der Waals surface area contributed by atoms with Gasteiger partial charge in [-0.1, -0.05) is 11.6 Å². The van der Waals surface area contributed by atoms with Gasteiger partial charge < -0.3 is 0 Å². The first-order valence-corrected chi connectivity index (χ1v) is 7.55. The van der Waals surface area contributed by atoms with Crippen molar-refractivity contribution in [3.63, 3.8) is 0 Å². The van der Waals surface area contributed by atoms with Crippen LogP contribution in [0.3, 0.4) is 0 Å². The molecule has 20 heavy (non-hydrogen) atoms. The Hall–Kier alpha value is -1.69. The Bertz CT molecular complexity index is 640. The second-order valence-corrected chi connectivity index (χ2v) is 6.06. The molecule has 1 aromatic rings. The first-order valence-electron chi connectivity index (χ1n) is 5.69. The van der Waals surface area contributed by atoms with Gasteiger partial charge in [-0.15, -0.1) is 0 Å². The molecule has 0 unspecified atom stereocenters. The van der Waals surface area contributed by atoms with E-state index in [4.69, 9.17) is 16.9 Å². The molecular weight excluding hydrogens is 306 g/mol. The van der Waals surface area contributed by atoms with Gasteiger partial charge in [0.2, 0.25) is 10.0 Å². The zero-order chi connectivity index (χ0) is 15.2. The van der Waals surface area contributed by atoms with Crippen LogP contribution in [-0.4, -0.2) is 19.9 Å². The van der Waals surface area contributed by atoms with Gasteiger partial charge in [0.25, 0.3) is 5.69 Å². The van der Waals surface area contributed by atoms with Crippen molar-refractivity contribution in [1.82, 2.24) is 4.72 Å². The number of rotatable bonds is 7. The molecule has 1 aromatic carbocycles. The van der Waals surface area contributed by atoms with E-state index in [-0.39, 0.29) is 16.5 Å². The predicted molar refractivity (Wildman–Crippen MR) is 72.8 cm³/mol.